The number of nitrogens with zero attached hydrogens (tertiary/aromatic N) is 2. The molecule has 2 rings (SSSR count). The fraction of sp³-hybridized carbons (Fsp3) is 0.700. The van der Waals surface area contributed by atoms with Gasteiger partial charge in [0.2, 0.25) is 0 Å². The van der Waals surface area contributed by atoms with Gasteiger partial charge in [-0.1, -0.05) is 0 Å². The molecule has 1 saturated carbocycles. The predicted octanol–water partition coefficient (Wildman–Crippen LogP) is 1.53. The van der Waals surface area contributed by atoms with Crippen LogP contribution >= 0.6 is 11.6 Å². The van der Waals surface area contributed by atoms with Gasteiger partial charge in [0.1, 0.15) is 0 Å². The zero-order valence-electron chi connectivity index (χ0n) is 8.46. The van der Waals surface area contributed by atoms with Gasteiger partial charge in [0.05, 0.1) is 5.69 Å². The van der Waals surface area contributed by atoms with E-state index in [9.17, 15) is 0 Å². The van der Waals surface area contributed by atoms with Crippen LogP contribution in [-0.4, -0.2) is 22.2 Å². The molecule has 1 aliphatic rings. The average molecular weight is 214 g/mol. The average Bonchev–Trinajstić information content (AvgIpc) is 2.84. The van der Waals surface area contributed by atoms with Crippen molar-refractivity contribution in [3.05, 3.63) is 18.0 Å². The van der Waals surface area contributed by atoms with Crippen LogP contribution < -0.4 is 5.32 Å². The molecule has 1 aromatic rings. The Morgan fingerprint density at radius 1 is 1.64 bits per heavy atom. The van der Waals surface area contributed by atoms with E-state index >= 15 is 0 Å². The second-order valence-electron chi connectivity index (χ2n) is 4.22. The number of hydrogen-bond donors (Lipinski definition) is 1. The fourth-order valence-corrected chi connectivity index (χ4v) is 1.91. The molecule has 0 radical (unpaired) electrons. The third-order valence-electron chi connectivity index (χ3n) is 2.82. The number of halogens is 1. The van der Waals surface area contributed by atoms with Crippen LogP contribution in [0.15, 0.2) is 12.3 Å². The molecular weight excluding hydrogens is 198 g/mol. The van der Waals surface area contributed by atoms with Gasteiger partial charge in [-0.2, -0.15) is 5.10 Å². The zero-order chi connectivity index (χ0) is 10.0. The lowest BCUT2D eigenvalue weighted by Crippen LogP contribution is -2.24. The van der Waals surface area contributed by atoms with Crippen LogP contribution in [0.3, 0.4) is 0 Å². The largest absolute Gasteiger partial charge is 0.311 e. The Hall–Kier alpha value is -0.540. The summed E-state index contributed by atoms with van der Waals surface area (Å²) < 4.78 is 1.82. The Balaban J connectivity index is 1.73. The molecule has 0 spiro atoms. The standard InChI is InChI=1S/C10H16ClN3/c1-14-5-2-9(13-14)6-12-8-10(7-11)3-4-10/h2,5,12H,3-4,6-8H2,1H3. The monoisotopic (exact) mass is 213 g/mol. The second-order valence-corrected chi connectivity index (χ2v) is 4.49. The van der Waals surface area contributed by atoms with E-state index in [0.717, 1.165) is 24.7 Å². The molecule has 1 heterocycles. The molecule has 0 amide bonds. The molecule has 0 unspecified atom stereocenters. The van der Waals surface area contributed by atoms with Gasteiger partial charge in [0.25, 0.3) is 0 Å². The lowest BCUT2D eigenvalue weighted by Gasteiger charge is -2.10. The minimum Gasteiger partial charge on any atom is -0.311 e. The minimum atomic E-state index is 0.399. The van der Waals surface area contributed by atoms with E-state index in [1.807, 2.05) is 24.0 Å². The molecule has 0 atom stereocenters. The Morgan fingerprint density at radius 3 is 2.93 bits per heavy atom. The van der Waals surface area contributed by atoms with Gasteiger partial charge in [-0.25, -0.2) is 0 Å². The molecule has 3 nitrogen and oxygen atoms in total. The Kier molecular flexibility index (Phi) is 2.79. The van der Waals surface area contributed by atoms with Crippen LogP contribution in [0.1, 0.15) is 18.5 Å². The van der Waals surface area contributed by atoms with Crippen LogP contribution in [0.25, 0.3) is 0 Å². The van der Waals surface area contributed by atoms with E-state index in [1.54, 1.807) is 0 Å². The summed E-state index contributed by atoms with van der Waals surface area (Å²) in [5.41, 5.74) is 1.49. The molecule has 0 aromatic carbocycles. The number of alkyl halides is 1. The van der Waals surface area contributed by atoms with E-state index in [1.165, 1.54) is 12.8 Å². The van der Waals surface area contributed by atoms with Crippen LogP contribution in [0.5, 0.6) is 0 Å². The maximum atomic E-state index is 5.88. The third-order valence-corrected chi connectivity index (χ3v) is 3.38. The van der Waals surface area contributed by atoms with Gasteiger partial charge in [0, 0.05) is 32.2 Å². The molecule has 14 heavy (non-hydrogen) atoms. The first-order valence-corrected chi connectivity index (χ1v) is 5.53. The molecule has 0 saturated heterocycles. The van der Waals surface area contributed by atoms with Crippen molar-refractivity contribution < 1.29 is 0 Å². The summed E-state index contributed by atoms with van der Waals surface area (Å²) in [5.74, 6) is 0.780. The molecule has 1 aliphatic carbocycles. The van der Waals surface area contributed by atoms with Crippen molar-refractivity contribution in [2.75, 3.05) is 12.4 Å². The normalized spacial score (nSPS) is 18.4. The van der Waals surface area contributed by atoms with E-state index in [4.69, 9.17) is 11.6 Å². The van der Waals surface area contributed by atoms with Crippen LogP contribution in [0, 0.1) is 5.41 Å². The quantitative estimate of drug-likeness (QED) is 0.752. The Labute approximate surface area is 89.4 Å². The molecular formula is C10H16ClN3. The number of nitrogens with one attached hydrogen (secondary N) is 1. The summed E-state index contributed by atoms with van der Waals surface area (Å²) >= 11 is 5.88. The van der Waals surface area contributed by atoms with Crippen molar-refractivity contribution in [2.45, 2.75) is 19.4 Å². The molecule has 1 N–H and O–H groups in total. The summed E-state index contributed by atoms with van der Waals surface area (Å²) in [4.78, 5) is 0. The summed E-state index contributed by atoms with van der Waals surface area (Å²) in [6.45, 7) is 1.87. The highest BCUT2D eigenvalue weighted by Gasteiger charge is 2.41. The highest BCUT2D eigenvalue weighted by atomic mass is 35.5. The summed E-state index contributed by atoms with van der Waals surface area (Å²) in [6, 6.07) is 2.03. The summed E-state index contributed by atoms with van der Waals surface area (Å²) in [5, 5.41) is 7.71. The number of aromatic nitrogens is 2. The van der Waals surface area contributed by atoms with Gasteiger partial charge in [-0.05, 0) is 24.3 Å². The minimum absolute atomic E-state index is 0.399. The molecule has 4 heteroatoms. The van der Waals surface area contributed by atoms with Crippen molar-refractivity contribution in [3.63, 3.8) is 0 Å². The van der Waals surface area contributed by atoms with Gasteiger partial charge in [-0.15, -0.1) is 11.6 Å². The van der Waals surface area contributed by atoms with Crippen molar-refractivity contribution in [1.29, 1.82) is 0 Å². The summed E-state index contributed by atoms with van der Waals surface area (Å²) in [7, 11) is 1.94. The maximum absolute atomic E-state index is 5.88. The molecule has 1 aromatic heterocycles. The Bertz CT molecular complexity index is 304. The van der Waals surface area contributed by atoms with Crippen molar-refractivity contribution in [3.8, 4) is 0 Å². The van der Waals surface area contributed by atoms with Gasteiger partial charge >= 0.3 is 0 Å². The smallest absolute Gasteiger partial charge is 0.0762 e. The summed E-state index contributed by atoms with van der Waals surface area (Å²) in [6.07, 6.45) is 4.50. The van der Waals surface area contributed by atoms with Gasteiger partial charge in [0.15, 0.2) is 0 Å². The van der Waals surface area contributed by atoms with E-state index < -0.39 is 0 Å². The predicted molar refractivity (Wildman–Crippen MR) is 57.3 cm³/mol. The fourth-order valence-electron chi connectivity index (χ4n) is 1.55. The highest BCUT2D eigenvalue weighted by Crippen LogP contribution is 2.45. The number of aryl methyl sites for hydroxylation is 1. The van der Waals surface area contributed by atoms with Crippen LogP contribution in [0.4, 0.5) is 0 Å². The highest BCUT2D eigenvalue weighted by molar-refractivity contribution is 6.18. The first kappa shape index (κ1) is 9.99. The van der Waals surface area contributed by atoms with Crippen LogP contribution in [-0.2, 0) is 13.6 Å². The van der Waals surface area contributed by atoms with Gasteiger partial charge < -0.3 is 5.32 Å². The maximum Gasteiger partial charge on any atom is 0.0762 e. The SMILES string of the molecule is Cn1ccc(CNCC2(CCl)CC2)n1. The van der Waals surface area contributed by atoms with Crippen molar-refractivity contribution in [1.82, 2.24) is 15.1 Å². The first-order valence-electron chi connectivity index (χ1n) is 4.99. The first-order chi connectivity index (χ1) is 6.74. The molecule has 0 aliphatic heterocycles. The van der Waals surface area contributed by atoms with Crippen molar-refractivity contribution >= 4 is 11.6 Å². The van der Waals surface area contributed by atoms with Crippen molar-refractivity contribution in [2.24, 2.45) is 12.5 Å². The topological polar surface area (TPSA) is 29.9 Å². The molecule has 1 fully saturated rings. The zero-order valence-corrected chi connectivity index (χ0v) is 9.22. The van der Waals surface area contributed by atoms with Crippen LogP contribution in [0.2, 0.25) is 0 Å². The number of hydrogen-bond acceptors (Lipinski definition) is 2. The van der Waals surface area contributed by atoms with E-state index in [2.05, 4.69) is 10.4 Å². The molecule has 78 valence electrons. The van der Waals surface area contributed by atoms with Gasteiger partial charge in [-0.3, -0.25) is 4.68 Å². The lowest BCUT2D eigenvalue weighted by atomic mass is 10.1. The van der Waals surface area contributed by atoms with E-state index in [-0.39, 0.29) is 0 Å². The van der Waals surface area contributed by atoms with E-state index in [0.29, 0.717) is 5.41 Å². The second kappa shape index (κ2) is 3.91. The Morgan fingerprint density at radius 2 is 2.43 bits per heavy atom. The third kappa shape index (κ3) is 2.28. The lowest BCUT2D eigenvalue weighted by molar-refractivity contribution is 0.500. The number of rotatable bonds is 5. The molecule has 0 bridgehead atoms.